The van der Waals surface area contributed by atoms with Crippen molar-refractivity contribution in [3.05, 3.63) is 65.0 Å². The molecule has 0 saturated carbocycles. The number of likely N-dealkylation sites (tertiary alicyclic amines) is 1. The van der Waals surface area contributed by atoms with Gasteiger partial charge in [-0.05, 0) is 47.9 Å². The Morgan fingerprint density at radius 3 is 2.39 bits per heavy atom. The molecule has 176 valence electrons. The van der Waals surface area contributed by atoms with E-state index >= 15 is 0 Å². The van der Waals surface area contributed by atoms with Crippen molar-refractivity contribution in [2.24, 2.45) is 5.92 Å². The molecule has 1 heterocycles. The number of halogens is 1. The number of amides is 1. The fourth-order valence-corrected chi connectivity index (χ4v) is 3.64. The van der Waals surface area contributed by atoms with Gasteiger partial charge >= 0.3 is 0 Å². The zero-order valence-electron chi connectivity index (χ0n) is 19.1. The minimum Gasteiger partial charge on any atom is -0.507 e. The summed E-state index contributed by atoms with van der Waals surface area (Å²) < 4.78 is 29.8. The number of rotatable bonds is 9. The topological polar surface area (TPSA) is 85.3 Å². The third kappa shape index (κ3) is 5.17. The highest BCUT2D eigenvalue weighted by atomic mass is 19.1. The number of methoxy groups -OCH3 is 2. The quantitative estimate of drug-likeness (QED) is 0.349. The van der Waals surface area contributed by atoms with E-state index in [1.54, 1.807) is 18.2 Å². The Labute approximate surface area is 192 Å². The highest BCUT2D eigenvalue weighted by Gasteiger charge is 2.46. The minimum absolute atomic E-state index is 0.0808. The van der Waals surface area contributed by atoms with Crippen LogP contribution in [0.4, 0.5) is 4.39 Å². The number of Topliss-reactive ketones (excluding diaryl/α,β-unsaturated/α-hetero) is 1. The van der Waals surface area contributed by atoms with E-state index in [0.29, 0.717) is 23.7 Å². The van der Waals surface area contributed by atoms with Crippen LogP contribution >= 0.6 is 0 Å². The maximum Gasteiger partial charge on any atom is 0.295 e. The normalized spacial score (nSPS) is 17.6. The molecule has 1 unspecified atom stereocenters. The lowest BCUT2D eigenvalue weighted by Gasteiger charge is -2.26. The molecule has 1 atom stereocenters. The van der Waals surface area contributed by atoms with Crippen LogP contribution in [0.25, 0.3) is 5.76 Å². The number of nitrogens with zero attached hydrogens (tertiary/aromatic N) is 1. The number of carbonyl (C=O) groups excluding carboxylic acids is 2. The van der Waals surface area contributed by atoms with Gasteiger partial charge in [0.25, 0.3) is 11.7 Å². The van der Waals surface area contributed by atoms with Crippen LogP contribution in [0.3, 0.4) is 0 Å². The van der Waals surface area contributed by atoms with Crippen molar-refractivity contribution in [2.45, 2.75) is 19.9 Å². The molecule has 1 saturated heterocycles. The molecule has 7 nitrogen and oxygen atoms in total. The summed E-state index contributed by atoms with van der Waals surface area (Å²) in [6, 6.07) is 9.31. The van der Waals surface area contributed by atoms with Gasteiger partial charge in [-0.1, -0.05) is 19.9 Å². The van der Waals surface area contributed by atoms with Gasteiger partial charge in [-0.2, -0.15) is 0 Å². The van der Waals surface area contributed by atoms with Crippen LogP contribution in [-0.2, 0) is 14.3 Å². The predicted octanol–water partition coefficient (Wildman–Crippen LogP) is 3.94. The number of hydrogen-bond acceptors (Lipinski definition) is 6. The molecule has 0 spiro atoms. The summed E-state index contributed by atoms with van der Waals surface area (Å²) in [5, 5.41) is 11.0. The number of carbonyl (C=O) groups is 2. The lowest BCUT2D eigenvalue weighted by molar-refractivity contribution is -0.140. The lowest BCUT2D eigenvalue weighted by Crippen LogP contribution is -2.32. The van der Waals surface area contributed by atoms with Gasteiger partial charge in [-0.15, -0.1) is 0 Å². The van der Waals surface area contributed by atoms with Crippen LogP contribution in [-0.4, -0.2) is 55.7 Å². The standard InChI is InChI=1S/C25H28FNO6/c1-15(2)14-33-20-13-17(7-10-19(20)32-4)22-21(23(28)16-5-8-18(26)9-6-16)24(29)25(30)27(22)11-12-31-3/h5-10,13,15,22,28H,11-12,14H2,1-4H3/b23-21-. The van der Waals surface area contributed by atoms with Crippen molar-refractivity contribution in [3.8, 4) is 11.5 Å². The predicted molar refractivity (Wildman–Crippen MR) is 121 cm³/mol. The van der Waals surface area contributed by atoms with Gasteiger partial charge in [0.2, 0.25) is 0 Å². The second kappa shape index (κ2) is 10.5. The van der Waals surface area contributed by atoms with Gasteiger partial charge in [0.15, 0.2) is 11.5 Å². The Kier molecular flexibility index (Phi) is 7.71. The Bertz CT molecular complexity index is 1050. The molecule has 3 rings (SSSR count). The van der Waals surface area contributed by atoms with Crippen molar-refractivity contribution in [3.63, 3.8) is 0 Å². The van der Waals surface area contributed by atoms with E-state index in [1.807, 2.05) is 13.8 Å². The maximum atomic E-state index is 13.4. The SMILES string of the molecule is COCCN1C(=O)C(=O)/C(=C(\O)c2ccc(F)cc2)C1c1ccc(OC)c(OCC(C)C)c1. The van der Waals surface area contributed by atoms with Crippen molar-refractivity contribution < 1.29 is 33.3 Å². The highest BCUT2D eigenvalue weighted by molar-refractivity contribution is 6.46. The molecule has 33 heavy (non-hydrogen) atoms. The number of ether oxygens (including phenoxy) is 3. The van der Waals surface area contributed by atoms with Crippen LogP contribution in [0.2, 0.25) is 0 Å². The largest absolute Gasteiger partial charge is 0.507 e. The molecular formula is C25H28FNO6. The van der Waals surface area contributed by atoms with Crippen LogP contribution in [0.5, 0.6) is 11.5 Å². The zero-order valence-corrected chi connectivity index (χ0v) is 19.1. The van der Waals surface area contributed by atoms with E-state index in [4.69, 9.17) is 14.2 Å². The average molecular weight is 457 g/mol. The first-order valence-corrected chi connectivity index (χ1v) is 10.6. The van der Waals surface area contributed by atoms with Crippen molar-refractivity contribution in [1.82, 2.24) is 4.90 Å². The van der Waals surface area contributed by atoms with Crippen LogP contribution in [0.1, 0.15) is 31.0 Å². The Morgan fingerprint density at radius 2 is 1.79 bits per heavy atom. The zero-order chi connectivity index (χ0) is 24.1. The molecule has 2 aromatic rings. The summed E-state index contributed by atoms with van der Waals surface area (Å²) in [6.45, 7) is 4.81. The van der Waals surface area contributed by atoms with E-state index < -0.39 is 23.5 Å². The van der Waals surface area contributed by atoms with Crippen LogP contribution in [0.15, 0.2) is 48.0 Å². The lowest BCUT2D eigenvalue weighted by atomic mass is 9.95. The molecule has 1 N–H and O–H groups in total. The highest BCUT2D eigenvalue weighted by Crippen LogP contribution is 2.42. The molecule has 0 aromatic heterocycles. The smallest absolute Gasteiger partial charge is 0.295 e. The summed E-state index contributed by atoms with van der Waals surface area (Å²) in [7, 11) is 3.02. The maximum absolute atomic E-state index is 13.4. The molecule has 1 aliphatic rings. The number of benzene rings is 2. The molecule has 1 fully saturated rings. The Balaban J connectivity index is 2.15. The van der Waals surface area contributed by atoms with Gasteiger partial charge < -0.3 is 24.2 Å². The number of ketones is 1. The second-order valence-electron chi connectivity index (χ2n) is 8.11. The fraction of sp³-hybridized carbons (Fsp3) is 0.360. The minimum atomic E-state index is -0.877. The van der Waals surface area contributed by atoms with Gasteiger partial charge in [0, 0.05) is 19.2 Å². The Hall–Kier alpha value is -3.39. The summed E-state index contributed by atoms with van der Waals surface area (Å²) in [5.41, 5.74) is 0.715. The van der Waals surface area contributed by atoms with Crippen molar-refractivity contribution in [2.75, 3.05) is 34.0 Å². The molecule has 0 aliphatic carbocycles. The average Bonchev–Trinajstić information content (AvgIpc) is 3.06. The molecule has 1 aliphatic heterocycles. The van der Waals surface area contributed by atoms with Crippen molar-refractivity contribution in [1.29, 1.82) is 0 Å². The fourth-order valence-electron chi connectivity index (χ4n) is 3.64. The first-order valence-electron chi connectivity index (χ1n) is 10.6. The van der Waals surface area contributed by atoms with E-state index in [9.17, 15) is 19.1 Å². The summed E-state index contributed by atoms with van der Waals surface area (Å²) >= 11 is 0. The third-order valence-electron chi connectivity index (χ3n) is 5.27. The molecule has 1 amide bonds. The van der Waals surface area contributed by atoms with E-state index in [2.05, 4.69) is 0 Å². The molecule has 8 heteroatoms. The van der Waals surface area contributed by atoms with Crippen LogP contribution < -0.4 is 9.47 Å². The van der Waals surface area contributed by atoms with E-state index in [1.165, 1.54) is 43.4 Å². The number of aliphatic hydroxyl groups is 1. The molecule has 2 aromatic carbocycles. The van der Waals surface area contributed by atoms with E-state index in [-0.39, 0.29) is 36.0 Å². The van der Waals surface area contributed by atoms with E-state index in [0.717, 1.165) is 0 Å². The number of aliphatic hydroxyl groups excluding tert-OH is 1. The third-order valence-corrected chi connectivity index (χ3v) is 5.27. The summed E-state index contributed by atoms with van der Waals surface area (Å²) in [4.78, 5) is 27.2. The Morgan fingerprint density at radius 1 is 1.09 bits per heavy atom. The summed E-state index contributed by atoms with van der Waals surface area (Å²) in [6.07, 6.45) is 0. The molecular weight excluding hydrogens is 429 g/mol. The first-order chi connectivity index (χ1) is 15.8. The van der Waals surface area contributed by atoms with Crippen molar-refractivity contribution >= 4 is 17.4 Å². The first kappa shape index (κ1) is 24.3. The molecule has 0 bridgehead atoms. The monoisotopic (exact) mass is 457 g/mol. The number of hydrogen-bond donors (Lipinski definition) is 1. The van der Waals surface area contributed by atoms with Gasteiger partial charge in [0.05, 0.1) is 31.9 Å². The van der Waals surface area contributed by atoms with Gasteiger partial charge in [-0.3, -0.25) is 9.59 Å². The van der Waals surface area contributed by atoms with Crippen LogP contribution in [0, 0.1) is 11.7 Å². The summed E-state index contributed by atoms with van der Waals surface area (Å²) in [5.74, 6) is -1.19. The van der Waals surface area contributed by atoms with Gasteiger partial charge in [-0.25, -0.2) is 4.39 Å². The molecule has 0 radical (unpaired) electrons. The van der Waals surface area contributed by atoms with Gasteiger partial charge in [0.1, 0.15) is 11.6 Å². The second-order valence-corrected chi connectivity index (χ2v) is 8.11.